The van der Waals surface area contributed by atoms with E-state index in [4.69, 9.17) is 16.6 Å². The predicted octanol–water partition coefficient (Wildman–Crippen LogP) is -3.64. The average Bonchev–Trinajstić information content (AvgIpc) is 2.65. The summed E-state index contributed by atoms with van der Waals surface area (Å²) >= 11 is 7.82. The van der Waals surface area contributed by atoms with Gasteiger partial charge in [-0.05, 0) is 13.3 Å². The van der Waals surface area contributed by atoms with E-state index in [1.807, 2.05) is 0 Å². The summed E-state index contributed by atoms with van der Waals surface area (Å²) in [5.41, 5.74) is 10.5. The fourth-order valence-electron chi connectivity index (χ4n) is 2.02. The molecule has 166 valence electrons. The van der Waals surface area contributed by atoms with E-state index in [1.165, 1.54) is 6.92 Å². The van der Waals surface area contributed by atoms with E-state index in [0.717, 1.165) is 0 Å². The summed E-state index contributed by atoms with van der Waals surface area (Å²) in [5.74, 6) is -4.85. The SMILES string of the molecule is CC(O)C(NC(=O)C(N)CS)C(=O)NC(CS)C(=O)NC(CCC(N)=O)C(=O)O. The lowest BCUT2D eigenvalue weighted by Gasteiger charge is -2.25. The molecule has 5 atom stereocenters. The van der Waals surface area contributed by atoms with Crippen LogP contribution >= 0.6 is 25.3 Å². The molecule has 0 fully saturated rings. The third kappa shape index (κ3) is 9.83. The minimum Gasteiger partial charge on any atom is -0.480 e. The summed E-state index contributed by atoms with van der Waals surface area (Å²) in [4.78, 5) is 58.6. The van der Waals surface area contributed by atoms with Gasteiger partial charge >= 0.3 is 5.97 Å². The molecular formula is C15H27N5O7S2. The number of nitrogens with one attached hydrogen (secondary N) is 3. The van der Waals surface area contributed by atoms with Gasteiger partial charge in [-0.25, -0.2) is 4.79 Å². The first kappa shape index (κ1) is 27.0. The zero-order valence-corrected chi connectivity index (χ0v) is 17.5. The average molecular weight is 454 g/mol. The zero-order chi connectivity index (χ0) is 22.7. The molecule has 0 aromatic heterocycles. The van der Waals surface area contributed by atoms with Gasteiger partial charge in [0.25, 0.3) is 0 Å². The minimum absolute atomic E-state index is 0.00350. The first-order valence-electron chi connectivity index (χ1n) is 8.52. The maximum absolute atomic E-state index is 12.4. The summed E-state index contributed by atoms with van der Waals surface area (Å²) in [6.07, 6.45) is -1.83. The predicted molar refractivity (Wildman–Crippen MR) is 109 cm³/mol. The monoisotopic (exact) mass is 453 g/mol. The molecule has 9 N–H and O–H groups in total. The third-order valence-corrected chi connectivity index (χ3v) is 4.46. The van der Waals surface area contributed by atoms with E-state index in [1.54, 1.807) is 0 Å². The summed E-state index contributed by atoms with van der Waals surface area (Å²) in [7, 11) is 0. The summed E-state index contributed by atoms with van der Waals surface area (Å²) in [6.45, 7) is 1.25. The van der Waals surface area contributed by atoms with Crippen LogP contribution in [0.5, 0.6) is 0 Å². The van der Waals surface area contributed by atoms with Crippen LogP contribution in [0, 0.1) is 0 Å². The molecule has 29 heavy (non-hydrogen) atoms. The van der Waals surface area contributed by atoms with Gasteiger partial charge in [-0.15, -0.1) is 0 Å². The van der Waals surface area contributed by atoms with E-state index in [2.05, 4.69) is 41.2 Å². The number of hydrogen-bond donors (Lipinski definition) is 9. The van der Waals surface area contributed by atoms with E-state index in [-0.39, 0.29) is 24.3 Å². The van der Waals surface area contributed by atoms with Gasteiger partial charge in [0.15, 0.2) is 0 Å². The van der Waals surface area contributed by atoms with Gasteiger partial charge < -0.3 is 37.6 Å². The topological polar surface area (TPSA) is 214 Å². The van der Waals surface area contributed by atoms with Crippen molar-refractivity contribution in [1.82, 2.24) is 16.0 Å². The highest BCUT2D eigenvalue weighted by Gasteiger charge is 2.31. The Kier molecular flexibility index (Phi) is 12.3. The van der Waals surface area contributed by atoms with Crippen LogP contribution in [-0.4, -0.2) is 81.6 Å². The van der Waals surface area contributed by atoms with Crippen LogP contribution in [0.4, 0.5) is 0 Å². The molecule has 0 bridgehead atoms. The molecule has 0 aromatic carbocycles. The maximum Gasteiger partial charge on any atom is 0.326 e. The number of carbonyl (C=O) groups excluding carboxylic acids is 4. The molecule has 0 saturated heterocycles. The summed E-state index contributed by atoms with van der Waals surface area (Å²) < 4.78 is 0. The number of primary amides is 1. The Balaban J connectivity index is 5.12. The number of aliphatic hydroxyl groups is 1. The Morgan fingerprint density at radius 3 is 1.90 bits per heavy atom. The van der Waals surface area contributed by atoms with Gasteiger partial charge in [0.1, 0.15) is 18.1 Å². The van der Waals surface area contributed by atoms with Gasteiger partial charge in [0, 0.05) is 17.9 Å². The van der Waals surface area contributed by atoms with E-state index in [0.29, 0.717) is 0 Å². The highest BCUT2D eigenvalue weighted by Crippen LogP contribution is 2.01. The Bertz CT molecular complexity index is 620. The minimum atomic E-state index is -1.42. The molecule has 5 unspecified atom stereocenters. The van der Waals surface area contributed by atoms with Crippen molar-refractivity contribution in [2.45, 2.75) is 50.0 Å². The number of carbonyl (C=O) groups is 5. The van der Waals surface area contributed by atoms with Crippen molar-refractivity contribution < 1.29 is 34.2 Å². The van der Waals surface area contributed by atoms with E-state index < -0.39 is 59.9 Å². The second-order valence-corrected chi connectivity index (χ2v) is 6.89. The number of nitrogens with two attached hydrogens (primary N) is 2. The molecule has 14 heteroatoms. The van der Waals surface area contributed by atoms with Crippen LogP contribution in [0.25, 0.3) is 0 Å². The molecule has 0 heterocycles. The zero-order valence-electron chi connectivity index (χ0n) is 15.7. The van der Waals surface area contributed by atoms with Crippen molar-refractivity contribution in [3.8, 4) is 0 Å². The second kappa shape index (κ2) is 13.2. The fourth-order valence-corrected chi connectivity index (χ4v) is 2.44. The Labute approximate surface area is 178 Å². The van der Waals surface area contributed by atoms with Gasteiger partial charge in [-0.2, -0.15) is 25.3 Å². The van der Waals surface area contributed by atoms with Crippen molar-refractivity contribution in [3.05, 3.63) is 0 Å². The molecule has 0 saturated carbocycles. The maximum atomic E-state index is 12.4. The smallest absolute Gasteiger partial charge is 0.326 e. The van der Waals surface area contributed by atoms with Crippen molar-refractivity contribution in [2.75, 3.05) is 11.5 Å². The second-order valence-electron chi connectivity index (χ2n) is 6.16. The number of thiol groups is 2. The molecule has 0 rings (SSSR count). The van der Waals surface area contributed by atoms with E-state index >= 15 is 0 Å². The highest BCUT2D eigenvalue weighted by molar-refractivity contribution is 7.80. The quantitative estimate of drug-likeness (QED) is 0.126. The molecule has 0 spiro atoms. The van der Waals surface area contributed by atoms with Crippen molar-refractivity contribution in [3.63, 3.8) is 0 Å². The largest absolute Gasteiger partial charge is 0.480 e. The van der Waals surface area contributed by atoms with Crippen molar-refractivity contribution in [2.24, 2.45) is 11.5 Å². The first-order valence-corrected chi connectivity index (χ1v) is 9.78. The van der Waals surface area contributed by atoms with Crippen LogP contribution in [0.1, 0.15) is 19.8 Å². The molecule has 0 aliphatic heterocycles. The van der Waals surface area contributed by atoms with Crippen LogP contribution in [0.3, 0.4) is 0 Å². The molecule has 0 radical (unpaired) electrons. The van der Waals surface area contributed by atoms with Gasteiger partial charge in [0.2, 0.25) is 23.6 Å². The number of amides is 4. The van der Waals surface area contributed by atoms with Crippen LogP contribution < -0.4 is 27.4 Å². The molecule has 0 aliphatic carbocycles. The summed E-state index contributed by atoms with van der Waals surface area (Å²) in [5, 5.41) is 25.6. The lowest BCUT2D eigenvalue weighted by Crippen LogP contribution is -2.60. The molecule has 4 amide bonds. The van der Waals surface area contributed by atoms with E-state index in [9.17, 15) is 29.1 Å². The normalized spacial score (nSPS) is 15.9. The summed E-state index contributed by atoms with van der Waals surface area (Å²) in [6, 6.07) is -5.13. The number of aliphatic carboxylic acids is 1. The fraction of sp³-hybridized carbons (Fsp3) is 0.667. The Hall–Kier alpha value is -2.03. The number of carboxylic acids is 1. The number of rotatable bonds is 13. The molecular weight excluding hydrogens is 426 g/mol. The van der Waals surface area contributed by atoms with Gasteiger partial charge in [0.05, 0.1) is 12.1 Å². The third-order valence-electron chi connectivity index (χ3n) is 3.71. The molecule has 0 aliphatic rings. The Morgan fingerprint density at radius 2 is 1.48 bits per heavy atom. The van der Waals surface area contributed by atoms with Crippen LogP contribution in [-0.2, 0) is 24.0 Å². The molecule has 0 aromatic rings. The van der Waals surface area contributed by atoms with Crippen LogP contribution in [0.15, 0.2) is 0 Å². The van der Waals surface area contributed by atoms with Gasteiger partial charge in [-0.3, -0.25) is 19.2 Å². The number of carboxylic acid groups (broad SMARTS) is 1. The van der Waals surface area contributed by atoms with Crippen molar-refractivity contribution >= 4 is 54.9 Å². The lowest BCUT2D eigenvalue weighted by molar-refractivity contribution is -0.142. The van der Waals surface area contributed by atoms with Crippen molar-refractivity contribution in [1.29, 1.82) is 0 Å². The Morgan fingerprint density at radius 1 is 0.931 bits per heavy atom. The standard InChI is InChI=1S/C15H27N5O7S2/c1-6(21)11(20-12(23)7(16)4-28)14(25)19-9(5-29)13(24)18-8(15(26)27)2-3-10(17)22/h6-9,11,21,28-29H,2-5,16H2,1H3,(H2,17,22)(H,18,24)(H,19,25)(H,20,23)(H,26,27). The number of hydrogen-bond acceptors (Lipinski definition) is 9. The highest BCUT2D eigenvalue weighted by atomic mass is 32.1. The van der Waals surface area contributed by atoms with Gasteiger partial charge in [-0.1, -0.05) is 0 Å². The number of aliphatic hydroxyl groups excluding tert-OH is 1. The molecule has 12 nitrogen and oxygen atoms in total. The first-order chi connectivity index (χ1) is 13.4. The van der Waals surface area contributed by atoms with Crippen LogP contribution in [0.2, 0.25) is 0 Å². The lowest BCUT2D eigenvalue weighted by atomic mass is 10.1.